The van der Waals surface area contributed by atoms with Crippen LogP contribution in [0.4, 0.5) is 23.4 Å². The van der Waals surface area contributed by atoms with Crippen LogP contribution in [0, 0.1) is 5.82 Å². The van der Waals surface area contributed by atoms with Crippen LogP contribution in [-0.4, -0.2) is 53.5 Å². The quantitative estimate of drug-likeness (QED) is 0.252. The first-order valence-corrected chi connectivity index (χ1v) is 11.3. The van der Waals surface area contributed by atoms with Gasteiger partial charge in [-0.15, -0.1) is 0 Å². The third kappa shape index (κ3) is 5.71. The van der Waals surface area contributed by atoms with Crippen molar-refractivity contribution in [2.45, 2.75) is 18.6 Å². The zero-order valence-electron chi connectivity index (χ0n) is 20.8. The smallest absolute Gasteiger partial charge is 0.417 e. The van der Waals surface area contributed by atoms with Crippen LogP contribution in [0.15, 0.2) is 52.1 Å². The number of aromatic nitrogens is 2. The summed E-state index contributed by atoms with van der Waals surface area (Å²) >= 11 is 0. The van der Waals surface area contributed by atoms with Crippen molar-refractivity contribution in [2.75, 3.05) is 37.3 Å². The van der Waals surface area contributed by atoms with Gasteiger partial charge in [-0.1, -0.05) is 30.3 Å². The fourth-order valence-electron chi connectivity index (χ4n) is 3.97. The van der Waals surface area contributed by atoms with Crippen LogP contribution in [0.2, 0.25) is 0 Å². The minimum Gasteiger partial charge on any atom is -0.480 e. The molecule has 0 aliphatic carbocycles. The van der Waals surface area contributed by atoms with Gasteiger partial charge in [0.1, 0.15) is 17.7 Å². The van der Waals surface area contributed by atoms with Crippen molar-refractivity contribution in [3.05, 3.63) is 85.8 Å². The van der Waals surface area contributed by atoms with Crippen molar-refractivity contribution in [1.29, 1.82) is 0 Å². The lowest BCUT2D eigenvalue weighted by molar-refractivity contribution is -0.139. The average Bonchev–Trinajstić information content (AvgIpc) is 2.88. The van der Waals surface area contributed by atoms with Gasteiger partial charge in [0.05, 0.1) is 16.7 Å². The van der Waals surface area contributed by atoms with Crippen LogP contribution in [0.25, 0.3) is 11.1 Å². The maximum Gasteiger partial charge on any atom is 0.417 e. The summed E-state index contributed by atoms with van der Waals surface area (Å²) in [6, 6.07) is 6.09. The molecule has 3 aromatic rings. The highest BCUT2D eigenvalue weighted by Crippen LogP contribution is 2.33. The van der Waals surface area contributed by atoms with Gasteiger partial charge in [-0.05, 0) is 23.3 Å². The Bertz CT molecular complexity index is 1520. The van der Waals surface area contributed by atoms with Crippen molar-refractivity contribution >= 4 is 17.7 Å². The summed E-state index contributed by atoms with van der Waals surface area (Å²) in [5, 5.41) is 14.3. The van der Waals surface area contributed by atoms with Crippen molar-refractivity contribution in [1.82, 2.24) is 14.7 Å². The van der Waals surface area contributed by atoms with E-state index in [1.165, 1.54) is 45.4 Å². The molecule has 3 rings (SSSR count). The number of hydrogen-bond donors (Lipinski definition) is 5. The standard InChI is InChI=1S/C24H24F4N6O5/c1-29-19-17(21(36)34(31-3)23(39)33(19)30-2)13-9-7-12(8-10-13)11-16(22(37)38)32-20(35)18-14(24(26,27)28)5-4-6-15(18)25/h4-10,16,29-31H,11H2,1-3H3,(H,32,35)(H,37,38)/t16-/m0/s1. The third-order valence-electron chi connectivity index (χ3n) is 5.78. The first-order chi connectivity index (χ1) is 18.3. The molecule has 0 aliphatic heterocycles. The lowest BCUT2D eigenvalue weighted by Gasteiger charge is -2.19. The Morgan fingerprint density at radius 3 is 2.10 bits per heavy atom. The molecule has 11 nitrogen and oxygen atoms in total. The van der Waals surface area contributed by atoms with Gasteiger partial charge in [-0.25, -0.2) is 14.0 Å². The number of carbonyl (C=O) groups excluding carboxylic acids is 1. The van der Waals surface area contributed by atoms with E-state index < -0.39 is 52.3 Å². The first kappa shape index (κ1) is 28.7. The number of benzene rings is 2. The molecule has 1 heterocycles. The van der Waals surface area contributed by atoms with Gasteiger partial charge in [0.2, 0.25) is 0 Å². The molecule has 0 radical (unpaired) electrons. The molecule has 0 unspecified atom stereocenters. The monoisotopic (exact) mass is 552 g/mol. The predicted octanol–water partition coefficient (Wildman–Crippen LogP) is 1.65. The normalized spacial score (nSPS) is 12.0. The topological polar surface area (TPSA) is 146 Å². The fourth-order valence-corrected chi connectivity index (χ4v) is 3.97. The molecule has 5 N–H and O–H groups in total. The van der Waals surface area contributed by atoms with E-state index in [0.717, 1.165) is 15.4 Å². The van der Waals surface area contributed by atoms with Crippen LogP contribution >= 0.6 is 0 Å². The number of carbonyl (C=O) groups is 2. The number of amides is 1. The second kappa shape index (κ2) is 11.3. The lowest BCUT2D eigenvalue weighted by Crippen LogP contribution is -2.47. The van der Waals surface area contributed by atoms with Crippen LogP contribution in [0.3, 0.4) is 0 Å². The number of rotatable bonds is 9. The highest BCUT2D eigenvalue weighted by Gasteiger charge is 2.37. The molecule has 0 aliphatic rings. The molecule has 0 bridgehead atoms. The SMILES string of the molecule is CNc1c(-c2ccc(C[C@H](NC(=O)c3c(F)cccc3C(F)(F)F)C(=O)O)cc2)c(=O)n(NC)c(=O)n1NC. The van der Waals surface area contributed by atoms with Gasteiger partial charge in [0.25, 0.3) is 11.5 Å². The first-order valence-electron chi connectivity index (χ1n) is 11.3. The number of nitrogens with zero attached hydrogens (tertiary/aromatic N) is 2. The molecular weight excluding hydrogens is 528 g/mol. The number of nitrogens with one attached hydrogen (secondary N) is 4. The van der Waals surface area contributed by atoms with Gasteiger partial charge >= 0.3 is 17.8 Å². The molecule has 1 aromatic heterocycles. The number of aliphatic carboxylic acids is 1. The van der Waals surface area contributed by atoms with E-state index in [9.17, 15) is 41.8 Å². The predicted molar refractivity (Wildman–Crippen MR) is 135 cm³/mol. The van der Waals surface area contributed by atoms with Crippen molar-refractivity contribution in [3.8, 4) is 11.1 Å². The highest BCUT2D eigenvalue weighted by molar-refractivity contribution is 5.98. The maximum atomic E-state index is 14.2. The van der Waals surface area contributed by atoms with Gasteiger partial charge < -0.3 is 26.6 Å². The number of anilines is 1. The summed E-state index contributed by atoms with van der Waals surface area (Å²) in [4.78, 5) is 49.8. The summed E-state index contributed by atoms with van der Waals surface area (Å²) < 4.78 is 55.9. The van der Waals surface area contributed by atoms with E-state index >= 15 is 0 Å². The molecule has 0 fully saturated rings. The maximum absolute atomic E-state index is 14.2. The number of alkyl halides is 3. The Labute approximate surface area is 218 Å². The Hall–Kier alpha value is -4.82. The largest absolute Gasteiger partial charge is 0.480 e. The number of hydrogen-bond acceptors (Lipinski definition) is 7. The molecule has 208 valence electrons. The minimum absolute atomic E-state index is 0.0923. The molecule has 0 saturated carbocycles. The van der Waals surface area contributed by atoms with E-state index in [4.69, 9.17) is 0 Å². The molecule has 1 atom stereocenters. The van der Waals surface area contributed by atoms with E-state index in [2.05, 4.69) is 16.2 Å². The third-order valence-corrected chi connectivity index (χ3v) is 5.78. The fraction of sp³-hybridized carbons (Fsp3) is 0.250. The van der Waals surface area contributed by atoms with E-state index in [-0.39, 0.29) is 17.8 Å². The Morgan fingerprint density at radius 2 is 1.59 bits per heavy atom. The lowest BCUT2D eigenvalue weighted by atomic mass is 10.0. The van der Waals surface area contributed by atoms with E-state index in [0.29, 0.717) is 23.3 Å². The summed E-state index contributed by atoms with van der Waals surface area (Å²) in [5.74, 6) is -4.41. The summed E-state index contributed by atoms with van der Waals surface area (Å²) in [5.41, 5.74) is 1.71. The zero-order chi connectivity index (χ0) is 29.1. The highest BCUT2D eigenvalue weighted by atomic mass is 19.4. The van der Waals surface area contributed by atoms with Crippen LogP contribution in [0.5, 0.6) is 0 Å². The van der Waals surface area contributed by atoms with Crippen molar-refractivity contribution in [3.63, 3.8) is 0 Å². The summed E-state index contributed by atoms with van der Waals surface area (Å²) in [7, 11) is 4.36. The molecule has 0 saturated heterocycles. The Morgan fingerprint density at radius 1 is 0.974 bits per heavy atom. The molecule has 0 spiro atoms. The summed E-state index contributed by atoms with van der Waals surface area (Å²) in [6.45, 7) is 0. The van der Waals surface area contributed by atoms with Crippen molar-refractivity contribution in [2.24, 2.45) is 0 Å². The zero-order valence-corrected chi connectivity index (χ0v) is 20.8. The molecule has 1 amide bonds. The number of halogens is 4. The average molecular weight is 552 g/mol. The van der Waals surface area contributed by atoms with Crippen LogP contribution < -0.4 is 32.7 Å². The van der Waals surface area contributed by atoms with Gasteiger partial charge in [-0.2, -0.15) is 22.5 Å². The van der Waals surface area contributed by atoms with E-state index in [1.54, 1.807) is 0 Å². The van der Waals surface area contributed by atoms with Gasteiger partial charge in [0.15, 0.2) is 0 Å². The van der Waals surface area contributed by atoms with Crippen LogP contribution in [0.1, 0.15) is 21.5 Å². The van der Waals surface area contributed by atoms with Crippen molar-refractivity contribution < 1.29 is 32.3 Å². The molecule has 15 heteroatoms. The second-order valence-corrected chi connectivity index (χ2v) is 8.10. The molecule has 39 heavy (non-hydrogen) atoms. The molecule has 2 aromatic carbocycles. The van der Waals surface area contributed by atoms with Gasteiger partial charge in [0, 0.05) is 27.6 Å². The molecular formula is C24H24F4N6O5. The summed E-state index contributed by atoms with van der Waals surface area (Å²) in [6.07, 6.45) is -5.41. The number of carboxylic acids is 1. The Kier molecular flexibility index (Phi) is 8.32. The van der Waals surface area contributed by atoms with Gasteiger partial charge in [-0.3, -0.25) is 9.59 Å². The minimum atomic E-state index is -5.04. The number of carboxylic acid groups (broad SMARTS) is 1. The Balaban J connectivity index is 1.94. The van der Waals surface area contributed by atoms with E-state index in [1.807, 2.05) is 5.32 Å². The second-order valence-electron chi connectivity index (χ2n) is 8.10. The van der Waals surface area contributed by atoms with Crippen LogP contribution in [-0.2, 0) is 17.4 Å².